The molecule has 1 aliphatic rings. The lowest BCUT2D eigenvalue weighted by atomic mass is 10.0. The first-order valence-electron chi connectivity index (χ1n) is 6.67. The molecule has 0 heterocycles. The Morgan fingerprint density at radius 3 is 2.68 bits per heavy atom. The standard InChI is InChI=1S/C14H20N2O3/c1-9(2)19-14-8-10(3-6-13(14)16(17)18)7-12(15)11-4-5-11/h3,6,8-9,11-12H,4-5,7,15H2,1-2H3. The van der Waals surface area contributed by atoms with Gasteiger partial charge in [0.2, 0.25) is 0 Å². The Hall–Kier alpha value is -1.62. The van der Waals surface area contributed by atoms with Crippen LogP contribution in [0.1, 0.15) is 32.3 Å². The zero-order chi connectivity index (χ0) is 14.0. The minimum atomic E-state index is -0.414. The van der Waals surface area contributed by atoms with Crippen molar-refractivity contribution in [3.63, 3.8) is 0 Å². The van der Waals surface area contributed by atoms with Crippen molar-refractivity contribution in [1.82, 2.24) is 0 Å². The van der Waals surface area contributed by atoms with Gasteiger partial charge < -0.3 is 10.5 Å². The first-order chi connectivity index (χ1) is 8.97. The van der Waals surface area contributed by atoms with Gasteiger partial charge in [-0.2, -0.15) is 0 Å². The average molecular weight is 264 g/mol. The summed E-state index contributed by atoms with van der Waals surface area (Å²) in [6.45, 7) is 3.71. The molecular weight excluding hydrogens is 244 g/mol. The summed E-state index contributed by atoms with van der Waals surface area (Å²) < 4.78 is 5.52. The van der Waals surface area contributed by atoms with Crippen LogP contribution in [0.3, 0.4) is 0 Å². The maximum absolute atomic E-state index is 11.0. The molecule has 0 spiro atoms. The molecule has 1 aromatic rings. The third-order valence-electron chi connectivity index (χ3n) is 3.28. The van der Waals surface area contributed by atoms with E-state index in [1.807, 2.05) is 13.8 Å². The number of hydrogen-bond acceptors (Lipinski definition) is 4. The highest BCUT2D eigenvalue weighted by molar-refractivity contribution is 5.48. The molecule has 1 atom stereocenters. The van der Waals surface area contributed by atoms with E-state index in [4.69, 9.17) is 10.5 Å². The van der Waals surface area contributed by atoms with E-state index in [1.165, 1.54) is 18.9 Å². The van der Waals surface area contributed by atoms with Crippen LogP contribution in [-0.4, -0.2) is 17.1 Å². The van der Waals surface area contributed by atoms with Gasteiger partial charge in [-0.15, -0.1) is 0 Å². The molecule has 5 nitrogen and oxygen atoms in total. The molecule has 5 heteroatoms. The molecule has 104 valence electrons. The molecule has 2 rings (SSSR count). The lowest BCUT2D eigenvalue weighted by Gasteiger charge is -2.13. The first kappa shape index (κ1) is 13.8. The zero-order valence-corrected chi connectivity index (χ0v) is 11.3. The van der Waals surface area contributed by atoms with Gasteiger partial charge >= 0.3 is 5.69 Å². The van der Waals surface area contributed by atoms with E-state index in [1.54, 1.807) is 12.1 Å². The zero-order valence-electron chi connectivity index (χ0n) is 11.3. The summed E-state index contributed by atoms with van der Waals surface area (Å²) in [5.74, 6) is 0.949. The average Bonchev–Trinajstić information content (AvgIpc) is 3.11. The van der Waals surface area contributed by atoms with Crippen molar-refractivity contribution in [2.45, 2.75) is 45.3 Å². The van der Waals surface area contributed by atoms with Crippen LogP contribution < -0.4 is 10.5 Å². The van der Waals surface area contributed by atoms with E-state index in [0.29, 0.717) is 11.7 Å². The van der Waals surface area contributed by atoms with Gasteiger partial charge in [0.25, 0.3) is 0 Å². The minimum absolute atomic E-state index is 0.0115. The van der Waals surface area contributed by atoms with E-state index >= 15 is 0 Å². The summed E-state index contributed by atoms with van der Waals surface area (Å²) in [6, 6.07) is 5.17. The van der Waals surface area contributed by atoms with Crippen LogP contribution in [0.25, 0.3) is 0 Å². The second kappa shape index (κ2) is 5.57. The molecule has 0 bridgehead atoms. The molecule has 0 radical (unpaired) electrons. The highest BCUT2D eigenvalue weighted by Crippen LogP contribution is 2.34. The van der Waals surface area contributed by atoms with Crippen LogP contribution in [0.2, 0.25) is 0 Å². The van der Waals surface area contributed by atoms with E-state index in [-0.39, 0.29) is 17.8 Å². The predicted octanol–water partition coefficient (Wildman–Crippen LogP) is 2.66. The summed E-state index contributed by atoms with van der Waals surface area (Å²) in [7, 11) is 0. The topological polar surface area (TPSA) is 78.4 Å². The van der Waals surface area contributed by atoms with Crippen molar-refractivity contribution in [2.24, 2.45) is 11.7 Å². The Morgan fingerprint density at radius 2 is 2.16 bits per heavy atom. The molecule has 1 fully saturated rings. The molecular formula is C14H20N2O3. The summed E-state index contributed by atoms with van der Waals surface area (Å²) in [6.07, 6.45) is 3.05. The quantitative estimate of drug-likeness (QED) is 0.633. The van der Waals surface area contributed by atoms with Gasteiger partial charge in [0.05, 0.1) is 11.0 Å². The van der Waals surface area contributed by atoms with E-state index in [0.717, 1.165) is 12.0 Å². The molecule has 0 saturated heterocycles. The van der Waals surface area contributed by atoms with Crippen molar-refractivity contribution < 1.29 is 9.66 Å². The van der Waals surface area contributed by atoms with Crippen LogP contribution in [0.4, 0.5) is 5.69 Å². The van der Waals surface area contributed by atoms with Crippen LogP contribution in [0.5, 0.6) is 5.75 Å². The summed E-state index contributed by atoms with van der Waals surface area (Å²) >= 11 is 0. The van der Waals surface area contributed by atoms with Gasteiger partial charge in [0.1, 0.15) is 0 Å². The minimum Gasteiger partial charge on any atom is -0.484 e. The molecule has 1 aliphatic carbocycles. The number of benzene rings is 1. The van der Waals surface area contributed by atoms with Gasteiger partial charge in [0, 0.05) is 12.1 Å². The number of nitrogens with two attached hydrogens (primary N) is 1. The number of hydrogen-bond donors (Lipinski definition) is 1. The van der Waals surface area contributed by atoms with Crippen molar-refractivity contribution in [3.05, 3.63) is 33.9 Å². The third-order valence-corrected chi connectivity index (χ3v) is 3.28. The first-order valence-corrected chi connectivity index (χ1v) is 6.67. The Bertz CT molecular complexity index is 470. The van der Waals surface area contributed by atoms with Crippen molar-refractivity contribution in [1.29, 1.82) is 0 Å². The molecule has 0 aliphatic heterocycles. The van der Waals surface area contributed by atoms with Gasteiger partial charge in [-0.3, -0.25) is 10.1 Å². The summed E-state index contributed by atoms with van der Waals surface area (Å²) in [4.78, 5) is 10.5. The lowest BCUT2D eigenvalue weighted by molar-refractivity contribution is -0.386. The van der Waals surface area contributed by atoms with E-state index < -0.39 is 4.92 Å². The van der Waals surface area contributed by atoms with Crippen molar-refractivity contribution in [3.8, 4) is 5.75 Å². The number of rotatable bonds is 6. The van der Waals surface area contributed by atoms with Crippen LogP contribution in [-0.2, 0) is 6.42 Å². The molecule has 0 aromatic heterocycles. The number of nitro benzene ring substituents is 1. The van der Waals surface area contributed by atoms with Gasteiger partial charge in [-0.25, -0.2) is 0 Å². The molecule has 1 unspecified atom stereocenters. The highest BCUT2D eigenvalue weighted by Gasteiger charge is 2.28. The van der Waals surface area contributed by atoms with E-state index in [9.17, 15) is 10.1 Å². The Kier molecular flexibility index (Phi) is 4.04. The lowest BCUT2D eigenvalue weighted by Crippen LogP contribution is -2.25. The van der Waals surface area contributed by atoms with E-state index in [2.05, 4.69) is 0 Å². The second-order valence-electron chi connectivity index (χ2n) is 5.43. The fraction of sp³-hybridized carbons (Fsp3) is 0.571. The molecule has 19 heavy (non-hydrogen) atoms. The van der Waals surface area contributed by atoms with Crippen LogP contribution in [0, 0.1) is 16.0 Å². The smallest absolute Gasteiger partial charge is 0.310 e. The second-order valence-corrected chi connectivity index (χ2v) is 5.43. The number of nitrogens with zero attached hydrogens (tertiary/aromatic N) is 1. The molecule has 2 N–H and O–H groups in total. The molecule has 0 amide bonds. The Balaban J connectivity index is 2.18. The third kappa shape index (κ3) is 3.67. The molecule has 1 saturated carbocycles. The Labute approximate surface area is 112 Å². The van der Waals surface area contributed by atoms with Gasteiger partial charge in [-0.1, -0.05) is 6.07 Å². The molecule has 1 aromatic carbocycles. The SMILES string of the molecule is CC(C)Oc1cc(CC(N)C2CC2)ccc1[N+](=O)[O-]. The van der Waals surface area contributed by atoms with Gasteiger partial charge in [-0.05, 0) is 50.7 Å². The fourth-order valence-electron chi connectivity index (χ4n) is 2.15. The summed E-state index contributed by atoms with van der Waals surface area (Å²) in [5.41, 5.74) is 7.10. The van der Waals surface area contributed by atoms with Crippen LogP contribution in [0.15, 0.2) is 18.2 Å². The van der Waals surface area contributed by atoms with Gasteiger partial charge in [0.15, 0.2) is 5.75 Å². The maximum Gasteiger partial charge on any atom is 0.310 e. The largest absolute Gasteiger partial charge is 0.484 e. The van der Waals surface area contributed by atoms with Crippen molar-refractivity contribution >= 4 is 5.69 Å². The van der Waals surface area contributed by atoms with Crippen LogP contribution >= 0.6 is 0 Å². The number of nitro groups is 1. The predicted molar refractivity (Wildman–Crippen MR) is 73.3 cm³/mol. The van der Waals surface area contributed by atoms with Crippen molar-refractivity contribution in [2.75, 3.05) is 0 Å². The highest BCUT2D eigenvalue weighted by atomic mass is 16.6. The maximum atomic E-state index is 11.0. The Morgan fingerprint density at radius 1 is 1.47 bits per heavy atom. The fourth-order valence-corrected chi connectivity index (χ4v) is 2.15. The summed E-state index contributed by atoms with van der Waals surface area (Å²) in [5, 5.41) is 11.0. The monoisotopic (exact) mass is 264 g/mol. The number of ether oxygens (including phenoxy) is 1. The normalized spacial score (nSPS) is 16.4.